The number of carbonyl (C=O) groups is 1. The van der Waals surface area contributed by atoms with Gasteiger partial charge in [-0.25, -0.2) is 4.98 Å². The Labute approximate surface area is 111 Å². The van der Waals surface area contributed by atoms with E-state index in [1.165, 1.54) is 0 Å². The molecule has 1 unspecified atom stereocenters. The Balaban J connectivity index is 2.04. The molecule has 7 heteroatoms. The van der Waals surface area contributed by atoms with Crippen LogP contribution in [-0.4, -0.2) is 30.9 Å². The lowest BCUT2D eigenvalue weighted by atomic mass is 10.2. The Bertz CT molecular complexity index is 570. The van der Waals surface area contributed by atoms with Crippen molar-refractivity contribution in [1.82, 2.24) is 30.3 Å². The molecule has 7 nitrogen and oxygen atoms in total. The lowest BCUT2D eigenvalue weighted by Gasteiger charge is -2.09. The zero-order chi connectivity index (χ0) is 14.0. The minimum absolute atomic E-state index is 0.179. The number of aryl methyl sites for hydroxylation is 1. The first kappa shape index (κ1) is 13.3. The van der Waals surface area contributed by atoms with Gasteiger partial charge in [-0.1, -0.05) is 0 Å². The molecule has 102 valence electrons. The first-order valence-electron chi connectivity index (χ1n) is 6.21. The highest BCUT2D eigenvalue weighted by Gasteiger charge is 2.16. The van der Waals surface area contributed by atoms with Crippen LogP contribution in [0.1, 0.15) is 54.9 Å². The van der Waals surface area contributed by atoms with Crippen LogP contribution in [0.25, 0.3) is 0 Å². The smallest absolute Gasteiger partial charge is 0.255 e. The van der Waals surface area contributed by atoms with E-state index in [1.807, 2.05) is 27.7 Å². The minimum atomic E-state index is -0.250. The normalized spacial score (nSPS) is 12.7. The number of amides is 1. The van der Waals surface area contributed by atoms with Gasteiger partial charge in [0.2, 0.25) is 0 Å². The molecule has 0 fully saturated rings. The van der Waals surface area contributed by atoms with Crippen LogP contribution in [0.3, 0.4) is 0 Å². The molecule has 2 aromatic rings. The zero-order valence-corrected chi connectivity index (χ0v) is 11.5. The number of rotatable bonds is 4. The summed E-state index contributed by atoms with van der Waals surface area (Å²) in [5.74, 6) is 1.12. The second-order valence-electron chi connectivity index (χ2n) is 4.78. The molecular formula is C12H18N6O. The van der Waals surface area contributed by atoms with Gasteiger partial charge in [-0.2, -0.15) is 10.2 Å². The van der Waals surface area contributed by atoms with Crippen molar-refractivity contribution in [3.8, 4) is 0 Å². The minimum Gasteiger partial charge on any atom is -0.342 e. The number of hydrogen-bond donors (Lipinski definition) is 2. The van der Waals surface area contributed by atoms with E-state index in [2.05, 4.69) is 25.6 Å². The Kier molecular flexibility index (Phi) is 3.64. The molecule has 0 bridgehead atoms. The maximum absolute atomic E-state index is 12.0. The van der Waals surface area contributed by atoms with Gasteiger partial charge in [-0.05, 0) is 27.7 Å². The number of hydrogen-bond acceptors (Lipinski definition) is 4. The van der Waals surface area contributed by atoms with Crippen LogP contribution in [0.2, 0.25) is 0 Å². The van der Waals surface area contributed by atoms with Crippen molar-refractivity contribution >= 4 is 5.91 Å². The van der Waals surface area contributed by atoms with Gasteiger partial charge in [0.15, 0.2) is 5.82 Å². The van der Waals surface area contributed by atoms with E-state index < -0.39 is 0 Å². The summed E-state index contributed by atoms with van der Waals surface area (Å²) in [6, 6.07) is -0.0190. The third kappa shape index (κ3) is 2.98. The molecule has 19 heavy (non-hydrogen) atoms. The highest BCUT2D eigenvalue weighted by molar-refractivity contribution is 5.93. The quantitative estimate of drug-likeness (QED) is 0.871. The number of nitrogens with one attached hydrogen (secondary N) is 2. The van der Waals surface area contributed by atoms with Crippen LogP contribution in [-0.2, 0) is 0 Å². The summed E-state index contributed by atoms with van der Waals surface area (Å²) < 4.78 is 1.75. The molecule has 0 aliphatic rings. The number of carbonyl (C=O) groups excluding carboxylic acids is 1. The molecule has 0 saturated heterocycles. The van der Waals surface area contributed by atoms with Gasteiger partial charge in [-0.3, -0.25) is 14.6 Å². The summed E-state index contributed by atoms with van der Waals surface area (Å²) >= 11 is 0. The fourth-order valence-electron chi connectivity index (χ4n) is 1.64. The van der Waals surface area contributed by atoms with Crippen molar-refractivity contribution in [2.45, 2.75) is 39.8 Å². The van der Waals surface area contributed by atoms with E-state index in [0.29, 0.717) is 11.4 Å². The second kappa shape index (κ2) is 5.21. The van der Waals surface area contributed by atoms with Crippen LogP contribution in [0, 0.1) is 6.92 Å². The third-order valence-electron chi connectivity index (χ3n) is 2.74. The van der Waals surface area contributed by atoms with Crippen molar-refractivity contribution < 1.29 is 4.79 Å². The first-order valence-corrected chi connectivity index (χ1v) is 6.21. The van der Waals surface area contributed by atoms with Gasteiger partial charge in [0.25, 0.3) is 5.91 Å². The Morgan fingerprint density at radius 2 is 2.16 bits per heavy atom. The van der Waals surface area contributed by atoms with E-state index in [4.69, 9.17) is 0 Å². The Hall–Kier alpha value is -2.18. The summed E-state index contributed by atoms with van der Waals surface area (Å²) in [4.78, 5) is 16.2. The topological polar surface area (TPSA) is 88.5 Å². The number of nitrogens with zero attached hydrogens (tertiary/aromatic N) is 4. The maximum Gasteiger partial charge on any atom is 0.255 e. The average molecular weight is 262 g/mol. The molecule has 1 amide bonds. The van der Waals surface area contributed by atoms with Crippen LogP contribution in [0.5, 0.6) is 0 Å². The number of H-pyrrole nitrogens is 1. The summed E-state index contributed by atoms with van der Waals surface area (Å²) in [5.41, 5.74) is 0.535. The molecule has 2 rings (SSSR count). The highest BCUT2D eigenvalue weighted by atomic mass is 16.1. The monoisotopic (exact) mass is 262 g/mol. The number of aromatic amines is 1. The van der Waals surface area contributed by atoms with E-state index in [9.17, 15) is 4.79 Å². The van der Waals surface area contributed by atoms with Gasteiger partial charge in [0.1, 0.15) is 5.82 Å². The van der Waals surface area contributed by atoms with Crippen molar-refractivity contribution in [2.24, 2.45) is 0 Å². The molecule has 0 spiro atoms. The van der Waals surface area contributed by atoms with Crippen molar-refractivity contribution in [3.63, 3.8) is 0 Å². The molecule has 0 radical (unpaired) electrons. The Morgan fingerprint density at radius 1 is 1.42 bits per heavy atom. The summed E-state index contributed by atoms with van der Waals surface area (Å²) in [5, 5.41) is 13.8. The molecule has 2 heterocycles. The van der Waals surface area contributed by atoms with Crippen LogP contribution < -0.4 is 5.32 Å². The van der Waals surface area contributed by atoms with Gasteiger partial charge in [-0.15, -0.1) is 0 Å². The van der Waals surface area contributed by atoms with Crippen molar-refractivity contribution in [2.75, 3.05) is 0 Å². The molecule has 1 atom stereocenters. The first-order chi connectivity index (χ1) is 8.97. The lowest BCUT2D eigenvalue weighted by molar-refractivity contribution is 0.0938. The molecule has 2 N–H and O–H groups in total. The largest absolute Gasteiger partial charge is 0.342 e. The van der Waals surface area contributed by atoms with E-state index in [1.54, 1.807) is 17.1 Å². The van der Waals surface area contributed by atoms with E-state index in [0.717, 1.165) is 5.82 Å². The third-order valence-corrected chi connectivity index (χ3v) is 2.74. The van der Waals surface area contributed by atoms with Crippen LogP contribution >= 0.6 is 0 Å². The highest BCUT2D eigenvalue weighted by Crippen LogP contribution is 2.09. The summed E-state index contributed by atoms with van der Waals surface area (Å²) in [6.07, 6.45) is 3.29. The summed E-state index contributed by atoms with van der Waals surface area (Å²) in [7, 11) is 0. The lowest BCUT2D eigenvalue weighted by Crippen LogP contribution is -2.27. The van der Waals surface area contributed by atoms with E-state index in [-0.39, 0.29) is 18.0 Å². The van der Waals surface area contributed by atoms with Gasteiger partial charge >= 0.3 is 0 Å². The molecule has 2 aromatic heterocycles. The van der Waals surface area contributed by atoms with Crippen LogP contribution in [0.15, 0.2) is 12.4 Å². The fraction of sp³-hybridized carbons (Fsp3) is 0.500. The maximum atomic E-state index is 12.0. The molecule has 0 saturated carbocycles. The predicted molar refractivity (Wildman–Crippen MR) is 69.6 cm³/mol. The van der Waals surface area contributed by atoms with Gasteiger partial charge in [0.05, 0.1) is 17.8 Å². The molecular weight excluding hydrogens is 244 g/mol. The van der Waals surface area contributed by atoms with Gasteiger partial charge < -0.3 is 5.32 Å². The average Bonchev–Trinajstić information content (AvgIpc) is 2.96. The zero-order valence-electron chi connectivity index (χ0n) is 11.5. The number of aromatic nitrogens is 5. The van der Waals surface area contributed by atoms with Crippen LogP contribution in [0.4, 0.5) is 0 Å². The molecule has 0 aliphatic heterocycles. The fourth-order valence-corrected chi connectivity index (χ4v) is 1.64. The van der Waals surface area contributed by atoms with Crippen molar-refractivity contribution in [3.05, 3.63) is 29.6 Å². The SMILES string of the molecule is Cc1nc(C(C)NC(=O)c2cnn(C(C)C)c2)n[nH]1. The van der Waals surface area contributed by atoms with E-state index >= 15 is 0 Å². The predicted octanol–water partition coefficient (Wildman–Crippen LogP) is 1.38. The summed E-state index contributed by atoms with van der Waals surface area (Å²) in [6.45, 7) is 7.67. The molecule has 0 aliphatic carbocycles. The standard InChI is InChI=1S/C12H18N6O/c1-7(2)18-6-10(5-13-18)12(19)14-8(3)11-15-9(4)16-17-11/h5-8H,1-4H3,(H,14,19)(H,15,16,17). The Morgan fingerprint density at radius 3 is 2.68 bits per heavy atom. The van der Waals surface area contributed by atoms with Gasteiger partial charge in [0, 0.05) is 12.2 Å². The van der Waals surface area contributed by atoms with Crippen molar-refractivity contribution in [1.29, 1.82) is 0 Å². The molecule has 0 aromatic carbocycles. The second-order valence-corrected chi connectivity index (χ2v) is 4.78.